The summed E-state index contributed by atoms with van der Waals surface area (Å²) in [6, 6.07) is 0. The van der Waals surface area contributed by atoms with Crippen molar-refractivity contribution in [2.24, 2.45) is 5.73 Å². The summed E-state index contributed by atoms with van der Waals surface area (Å²) < 4.78 is 10.4. The smallest absolute Gasteiger partial charge is 0.228 e. The zero-order chi connectivity index (χ0) is 12.3. The molecule has 5 heteroatoms. The molecule has 1 atom stereocenters. The molecular weight excluding hydrogens is 218 g/mol. The van der Waals surface area contributed by atoms with Crippen LogP contribution in [0, 0.1) is 0 Å². The molecule has 1 fully saturated rings. The largest absolute Gasteiger partial charge is 0.374 e. The van der Waals surface area contributed by atoms with E-state index in [1.807, 2.05) is 6.92 Å². The minimum absolute atomic E-state index is 0.132. The zero-order valence-electron chi connectivity index (χ0n) is 10.6. The van der Waals surface area contributed by atoms with E-state index in [9.17, 15) is 0 Å². The number of ether oxygens (including phenoxy) is 1. The summed E-state index contributed by atoms with van der Waals surface area (Å²) >= 11 is 0. The molecule has 1 aromatic heterocycles. The highest BCUT2D eigenvalue weighted by atomic mass is 16.5. The van der Waals surface area contributed by atoms with Crippen LogP contribution in [0.5, 0.6) is 0 Å². The lowest BCUT2D eigenvalue weighted by Crippen LogP contribution is -2.43. The molecule has 0 spiro atoms. The number of hydrogen-bond acceptors (Lipinski definition) is 5. The van der Waals surface area contributed by atoms with Crippen LogP contribution in [-0.2, 0) is 11.2 Å². The van der Waals surface area contributed by atoms with E-state index in [0.29, 0.717) is 18.1 Å². The molecule has 0 saturated heterocycles. The quantitative estimate of drug-likeness (QED) is 0.869. The Labute approximate surface area is 102 Å². The van der Waals surface area contributed by atoms with E-state index in [1.54, 1.807) is 7.11 Å². The summed E-state index contributed by atoms with van der Waals surface area (Å²) in [5.74, 6) is 1.23. The highest BCUT2D eigenvalue weighted by Crippen LogP contribution is 2.28. The summed E-state index contributed by atoms with van der Waals surface area (Å²) in [7, 11) is 1.63. The van der Waals surface area contributed by atoms with Crippen molar-refractivity contribution >= 4 is 0 Å². The number of hydrogen-bond donors (Lipinski definition) is 1. The first-order chi connectivity index (χ1) is 8.13. The van der Waals surface area contributed by atoms with Gasteiger partial charge >= 0.3 is 0 Å². The third-order valence-electron chi connectivity index (χ3n) is 3.55. The Morgan fingerprint density at radius 2 is 2.12 bits per heavy atom. The molecule has 5 nitrogen and oxygen atoms in total. The van der Waals surface area contributed by atoms with E-state index in [4.69, 9.17) is 15.0 Å². The van der Waals surface area contributed by atoms with Gasteiger partial charge < -0.3 is 15.0 Å². The monoisotopic (exact) mass is 239 g/mol. The van der Waals surface area contributed by atoms with Gasteiger partial charge in [-0.25, -0.2) is 0 Å². The summed E-state index contributed by atoms with van der Waals surface area (Å²) in [6.45, 7) is 1.90. The molecule has 17 heavy (non-hydrogen) atoms. The molecule has 1 unspecified atom stereocenters. The lowest BCUT2D eigenvalue weighted by molar-refractivity contribution is 0.109. The fraction of sp³-hybridized carbons (Fsp3) is 0.833. The highest BCUT2D eigenvalue weighted by molar-refractivity contribution is 4.98. The molecule has 0 bridgehead atoms. The molecule has 0 aliphatic heterocycles. The van der Waals surface area contributed by atoms with Crippen molar-refractivity contribution in [3.8, 4) is 0 Å². The van der Waals surface area contributed by atoms with Crippen LogP contribution in [-0.4, -0.2) is 22.8 Å². The van der Waals surface area contributed by atoms with E-state index in [2.05, 4.69) is 10.1 Å². The SMILES string of the molecule is COC(C)c1noc(CC2(N)CCCCC2)n1. The summed E-state index contributed by atoms with van der Waals surface area (Å²) in [6.07, 6.45) is 6.32. The average molecular weight is 239 g/mol. The van der Waals surface area contributed by atoms with Crippen LogP contribution in [0.3, 0.4) is 0 Å². The molecular formula is C12H21N3O2. The Balaban J connectivity index is 2.00. The van der Waals surface area contributed by atoms with E-state index in [-0.39, 0.29) is 11.6 Å². The molecule has 1 saturated carbocycles. The van der Waals surface area contributed by atoms with Crippen LogP contribution in [0.15, 0.2) is 4.52 Å². The van der Waals surface area contributed by atoms with Crippen LogP contribution in [0.2, 0.25) is 0 Å². The molecule has 96 valence electrons. The second-order valence-corrected chi connectivity index (χ2v) is 5.02. The summed E-state index contributed by atoms with van der Waals surface area (Å²) in [5, 5.41) is 3.92. The van der Waals surface area contributed by atoms with E-state index in [0.717, 1.165) is 12.8 Å². The van der Waals surface area contributed by atoms with Gasteiger partial charge in [0, 0.05) is 19.1 Å². The fourth-order valence-electron chi connectivity index (χ4n) is 2.34. The third kappa shape index (κ3) is 3.04. The van der Waals surface area contributed by atoms with Crippen molar-refractivity contribution in [3.63, 3.8) is 0 Å². The van der Waals surface area contributed by atoms with Gasteiger partial charge in [-0.2, -0.15) is 4.98 Å². The third-order valence-corrected chi connectivity index (χ3v) is 3.55. The Kier molecular flexibility index (Phi) is 3.79. The Bertz CT molecular complexity index is 358. The first-order valence-corrected chi connectivity index (χ1v) is 6.27. The molecule has 1 aliphatic carbocycles. The standard InChI is InChI=1S/C12H21N3O2/c1-9(16-2)11-14-10(17-15-11)8-12(13)6-4-3-5-7-12/h9H,3-8,13H2,1-2H3. The van der Waals surface area contributed by atoms with E-state index < -0.39 is 0 Å². The van der Waals surface area contributed by atoms with Gasteiger partial charge in [0.05, 0.1) is 0 Å². The predicted molar refractivity (Wildman–Crippen MR) is 63.4 cm³/mol. The minimum atomic E-state index is -0.154. The highest BCUT2D eigenvalue weighted by Gasteiger charge is 2.30. The van der Waals surface area contributed by atoms with Gasteiger partial charge in [-0.15, -0.1) is 0 Å². The second kappa shape index (κ2) is 5.14. The lowest BCUT2D eigenvalue weighted by Gasteiger charge is -2.31. The van der Waals surface area contributed by atoms with Crippen molar-refractivity contribution < 1.29 is 9.26 Å². The lowest BCUT2D eigenvalue weighted by atomic mass is 9.80. The maximum Gasteiger partial charge on any atom is 0.228 e. The fourth-order valence-corrected chi connectivity index (χ4v) is 2.34. The first-order valence-electron chi connectivity index (χ1n) is 6.27. The Morgan fingerprint density at radius 3 is 2.76 bits per heavy atom. The molecule has 2 rings (SSSR count). The van der Waals surface area contributed by atoms with Crippen LogP contribution >= 0.6 is 0 Å². The van der Waals surface area contributed by atoms with Gasteiger partial charge in [0.2, 0.25) is 5.89 Å². The Hall–Kier alpha value is -0.940. The topological polar surface area (TPSA) is 74.2 Å². The number of rotatable bonds is 4. The van der Waals surface area contributed by atoms with Gasteiger partial charge in [0.1, 0.15) is 6.10 Å². The van der Waals surface area contributed by atoms with Crippen molar-refractivity contribution in [2.75, 3.05) is 7.11 Å². The molecule has 0 radical (unpaired) electrons. The molecule has 1 aliphatic rings. The number of aromatic nitrogens is 2. The van der Waals surface area contributed by atoms with Crippen LogP contribution < -0.4 is 5.73 Å². The predicted octanol–water partition coefficient (Wildman–Crippen LogP) is 1.98. The van der Waals surface area contributed by atoms with Gasteiger partial charge in [-0.1, -0.05) is 24.4 Å². The van der Waals surface area contributed by atoms with Crippen molar-refractivity contribution in [2.45, 2.75) is 57.1 Å². The summed E-state index contributed by atoms with van der Waals surface area (Å²) in [4.78, 5) is 4.34. The second-order valence-electron chi connectivity index (χ2n) is 5.02. The van der Waals surface area contributed by atoms with Crippen molar-refractivity contribution in [1.82, 2.24) is 10.1 Å². The molecule has 1 aromatic rings. The maximum absolute atomic E-state index is 6.35. The molecule has 2 N–H and O–H groups in total. The van der Waals surface area contributed by atoms with E-state index >= 15 is 0 Å². The number of methoxy groups -OCH3 is 1. The zero-order valence-corrected chi connectivity index (χ0v) is 10.6. The van der Waals surface area contributed by atoms with Crippen LogP contribution in [0.25, 0.3) is 0 Å². The van der Waals surface area contributed by atoms with Crippen molar-refractivity contribution in [1.29, 1.82) is 0 Å². The molecule has 0 aromatic carbocycles. The van der Waals surface area contributed by atoms with E-state index in [1.165, 1.54) is 19.3 Å². The number of nitrogens with zero attached hydrogens (tertiary/aromatic N) is 2. The van der Waals surface area contributed by atoms with Crippen LogP contribution in [0.1, 0.15) is 56.8 Å². The first kappa shape index (κ1) is 12.5. The van der Waals surface area contributed by atoms with Crippen LogP contribution in [0.4, 0.5) is 0 Å². The van der Waals surface area contributed by atoms with Gasteiger partial charge in [0.25, 0.3) is 0 Å². The molecule has 1 heterocycles. The summed E-state index contributed by atoms with van der Waals surface area (Å²) in [5.41, 5.74) is 6.20. The minimum Gasteiger partial charge on any atom is -0.374 e. The average Bonchev–Trinajstić information content (AvgIpc) is 2.76. The Morgan fingerprint density at radius 1 is 1.41 bits per heavy atom. The van der Waals surface area contributed by atoms with Gasteiger partial charge in [0.15, 0.2) is 5.82 Å². The van der Waals surface area contributed by atoms with Gasteiger partial charge in [-0.05, 0) is 19.8 Å². The maximum atomic E-state index is 6.35. The van der Waals surface area contributed by atoms with Gasteiger partial charge in [-0.3, -0.25) is 0 Å². The molecule has 0 amide bonds. The number of nitrogens with two attached hydrogens (primary N) is 1. The normalized spacial score (nSPS) is 21.4. The van der Waals surface area contributed by atoms with Crippen molar-refractivity contribution in [3.05, 3.63) is 11.7 Å².